The van der Waals surface area contributed by atoms with Crippen LogP contribution in [0.5, 0.6) is 0 Å². The first-order valence-electron chi connectivity index (χ1n) is 9.86. The molecule has 33 heavy (non-hydrogen) atoms. The third-order valence-electron chi connectivity index (χ3n) is 4.81. The van der Waals surface area contributed by atoms with E-state index in [2.05, 4.69) is 20.9 Å². The van der Waals surface area contributed by atoms with E-state index in [0.29, 0.717) is 18.5 Å². The van der Waals surface area contributed by atoms with Gasteiger partial charge in [0.2, 0.25) is 16.7 Å². The number of rotatable bonds is 11. The van der Waals surface area contributed by atoms with E-state index in [1.807, 2.05) is 6.92 Å². The Balaban J connectivity index is 1.76. The monoisotopic (exact) mass is 456 g/mol. The molecular weight excluding hydrogens is 436 g/mol. The molecule has 0 spiro atoms. The van der Waals surface area contributed by atoms with Crippen molar-refractivity contribution >= 4 is 29.1 Å². The highest BCUT2D eigenvalue weighted by atomic mass is 16.6. The second-order valence-corrected chi connectivity index (χ2v) is 7.10. The first-order chi connectivity index (χ1) is 15.7. The Morgan fingerprint density at radius 3 is 2.52 bits per heavy atom. The Morgan fingerprint density at radius 1 is 1.27 bits per heavy atom. The number of hydrogen-bond acceptors (Lipinski definition) is 9. The molecule has 0 saturated heterocycles. The maximum atomic E-state index is 12.4. The number of amides is 1. The summed E-state index contributed by atoms with van der Waals surface area (Å²) in [5.41, 5.74) is 1.75. The number of nitrogens with one attached hydrogen (secondary N) is 3. The number of carboxylic acids is 1. The van der Waals surface area contributed by atoms with E-state index >= 15 is 0 Å². The van der Waals surface area contributed by atoms with Crippen molar-refractivity contribution in [2.45, 2.75) is 25.8 Å². The maximum Gasteiger partial charge on any atom is 0.331 e. The number of hydrogen-bond donors (Lipinski definition) is 4. The molecule has 0 aliphatic rings. The fourth-order valence-electron chi connectivity index (χ4n) is 3.08. The van der Waals surface area contributed by atoms with Gasteiger partial charge in [0.15, 0.2) is 0 Å². The summed E-state index contributed by atoms with van der Waals surface area (Å²) in [6, 6.07) is 5.84. The third kappa shape index (κ3) is 5.10. The van der Waals surface area contributed by atoms with Crippen LogP contribution >= 0.6 is 0 Å². The average molecular weight is 456 g/mol. The molecule has 0 bridgehead atoms. The molecule has 172 valence electrons. The highest BCUT2D eigenvalue weighted by Crippen LogP contribution is 2.21. The minimum atomic E-state index is -1.21. The summed E-state index contributed by atoms with van der Waals surface area (Å²) in [6.07, 6.45) is 1.61. The number of benzene rings is 1. The van der Waals surface area contributed by atoms with E-state index in [4.69, 9.17) is 0 Å². The summed E-state index contributed by atoms with van der Waals surface area (Å²) in [5, 5.41) is 30.1. The quantitative estimate of drug-likeness (QED) is 0.180. The van der Waals surface area contributed by atoms with Crippen LogP contribution in [-0.2, 0) is 11.2 Å². The van der Waals surface area contributed by atoms with Crippen molar-refractivity contribution in [1.82, 2.24) is 15.6 Å². The number of nitrogens with zero attached hydrogens (tertiary/aromatic N) is 3. The molecule has 13 nitrogen and oxygen atoms in total. The van der Waals surface area contributed by atoms with Gasteiger partial charge in [-0.15, -0.1) is 0 Å². The zero-order valence-electron chi connectivity index (χ0n) is 17.4. The number of nitro groups is 1. The molecule has 0 aliphatic heterocycles. The molecule has 3 rings (SSSR count). The van der Waals surface area contributed by atoms with Gasteiger partial charge in [-0.05, 0) is 24.1 Å². The van der Waals surface area contributed by atoms with Gasteiger partial charge in [-0.1, -0.05) is 19.1 Å². The first kappa shape index (κ1) is 23.3. The second kappa shape index (κ2) is 9.82. The molecule has 0 saturated carbocycles. The Labute approximate surface area is 185 Å². The fourth-order valence-corrected chi connectivity index (χ4v) is 3.08. The molecule has 0 aliphatic carbocycles. The fraction of sp³-hybridized carbons (Fsp3) is 0.250. The molecule has 13 heteroatoms. The molecule has 0 unspecified atom stereocenters. The lowest BCUT2D eigenvalue weighted by molar-refractivity contribution is -0.383. The standard InChI is InChI=1S/C20H20N6O7/c1-2-7-22-25(13-9-16(27)17(13)28)14(20(30)31)8-11-3-5-12(6-4-11)19(29)23-18-15(26(32)33)10-21-24-18/h3-6,9-10,14,22H,2,7-8H2,1H3,(H,30,31)(H2,21,23,24,29)/t14-/m0/s1. The average Bonchev–Trinajstić information content (AvgIpc) is 3.26. The van der Waals surface area contributed by atoms with E-state index in [0.717, 1.165) is 12.3 Å². The zero-order valence-corrected chi connectivity index (χ0v) is 17.4. The highest BCUT2D eigenvalue weighted by molar-refractivity contribution is 6.04. The molecule has 0 fully saturated rings. The van der Waals surface area contributed by atoms with Crippen molar-refractivity contribution in [2.24, 2.45) is 0 Å². The summed E-state index contributed by atoms with van der Waals surface area (Å²) in [4.78, 5) is 57.8. The molecule has 2 aromatic carbocycles. The molecule has 1 heterocycles. The number of aliphatic carboxylic acids is 1. The largest absolute Gasteiger partial charge is 0.480 e. The Morgan fingerprint density at radius 2 is 1.97 bits per heavy atom. The Kier molecular flexibility index (Phi) is 6.93. The van der Waals surface area contributed by atoms with E-state index in [1.54, 1.807) is 0 Å². The molecule has 3 aromatic rings. The molecule has 4 N–H and O–H groups in total. The van der Waals surface area contributed by atoms with Crippen molar-refractivity contribution in [3.05, 3.63) is 78.2 Å². The minimum absolute atomic E-state index is 0.0157. The number of aromatic nitrogens is 2. The van der Waals surface area contributed by atoms with Crippen molar-refractivity contribution in [3.63, 3.8) is 0 Å². The van der Waals surface area contributed by atoms with Crippen LogP contribution in [0.15, 0.2) is 46.1 Å². The summed E-state index contributed by atoms with van der Waals surface area (Å²) in [6.45, 7) is 2.26. The van der Waals surface area contributed by atoms with Gasteiger partial charge < -0.3 is 10.4 Å². The molecule has 0 radical (unpaired) electrons. The number of carbonyl (C=O) groups is 2. The van der Waals surface area contributed by atoms with Crippen LogP contribution < -0.4 is 26.6 Å². The smallest absolute Gasteiger partial charge is 0.331 e. The van der Waals surface area contributed by atoms with Crippen LogP contribution in [0.25, 0.3) is 0 Å². The zero-order chi connectivity index (χ0) is 24.1. The molecular formula is C20H20N6O7. The van der Waals surface area contributed by atoms with Gasteiger partial charge in [-0.25, -0.2) is 10.2 Å². The lowest BCUT2D eigenvalue weighted by Gasteiger charge is -2.31. The topological polar surface area (TPSA) is 188 Å². The summed E-state index contributed by atoms with van der Waals surface area (Å²) in [5.74, 6) is -2.00. The summed E-state index contributed by atoms with van der Waals surface area (Å²) in [7, 11) is 0. The van der Waals surface area contributed by atoms with E-state index in [9.17, 15) is 34.4 Å². The van der Waals surface area contributed by atoms with Crippen LogP contribution in [0.2, 0.25) is 0 Å². The van der Waals surface area contributed by atoms with Gasteiger partial charge in [0, 0.05) is 24.6 Å². The SMILES string of the molecule is CCCNN(c1cc(=O)c1=O)[C@@H](Cc1ccc(C(=O)Nc2[nH]ncc2[N+](=O)[O-])cc1)C(=O)O. The molecule has 1 atom stereocenters. The van der Waals surface area contributed by atoms with Gasteiger partial charge in [-0.3, -0.25) is 34.6 Å². The van der Waals surface area contributed by atoms with Crippen LogP contribution in [0.4, 0.5) is 17.2 Å². The predicted molar refractivity (Wildman–Crippen MR) is 117 cm³/mol. The lowest BCUT2D eigenvalue weighted by Crippen LogP contribution is -2.55. The lowest BCUT2D eigenvalue weighted by atomic mass is 10.0. The number of carbonyl (C=O) groups excluding carboxylic acids is 1. The third-order valence-corrected chi connectivity index (χ3v) is 4.81. The van der Waals surface area contributed by atoms with Gasteiger partial charge in [-0.2, -0.15) is 5.10 Å². The first-order valence-corrected chi connectivity index (χ1v) is 9.86. The minimum Gasteiger partial charge on any atom is -0.480 e. The van der Waals surface area contributed by atoms with Gasteiger partial charge in [0.25, 0.3) is 5.91 Å². The number of carboxylic acid groups (broad SMARTS) is 1. The summed E-state index contributed by atoms with van der Waals surface area (Å²) >= 11 is 0. The number of hydrazine groups is 1. The number of anilines is 2. The predicted octanol–water partition coefficient (Wildman–Crippen LogP) is 0.583. The van der Waals surface area contributed by atoms with Crippen LogP contribution in [0, 0.1) is 10.1 Å². The van der Waals surface area contributed by atoms with Gasteiger partial charge >= 0.3 is 11.7 Å². The van der Waals surface area contributed by atoms with Crippen LogP contribution in [0.3, 0.4) is 0 Å². The Hall–Kier alpha value is -4.39. The van der Waals surface area contributed by atoms with Gasteiger partial charge in [0.1, 0.15) is 17.9 Å². The van der Waals surface area contributed by atoms with E-state index < -0.39 is 33.7 Å². The van der Waals surface area contributed by atoms with Crippen molar-refractivity contribution in [2.75, 3.05) is 16.9 Å². The van der Waals surface area contributed by atoms with Crippen molar-refractivity contribution in [1.29, 1.82) is 0 Å². The second-order valence-electron chi connectivity index (χ2n) is 7.10. The van der Waals surface area contributed by atoms with Gasteiger partial charge in [0.05, 0.1) is 4.92 Å². The van der Waals surface area contributed by atoms with E-state index in [-0.39, 0.29) is 29.2 Å². The normalized spacial score (nSPS) is 11.8. The summed E-state index contributed by atoms with van der Waals surface area (Å²) < 4.78 is 0. The number of H-pyrrole nitrogens is 1. The van der Waals surface area contributed by atoms with Crippen LogP contribution in [-0.4, -0.2) is 44.7 Å². The van der Waals surface area contributed by atoms with Crippen LogP contribution in [0.1, 0.15) is 29.3 Å². The van der Waals surface area contributed by atoms with E-state index in [1.165, 1.54) is 29.3 Å². The molecule has 1 aromatic heterocycles. The van der Waals surface area contributed by atoms with Crippen molar-refractivity contribution < 1.29 is 19.6 Å². The molecule has 1 amide bonds. The number of aromatic amines is 1. The Bertz CT molecular complexity index is 1240. The van der Waals surface area contributed by atoms with Crippen molar-refractivity contribution in [3.8, 4) is 0 Å². The maximum absolute atomic E-state index is 12.4. The highest BCUT2D eigenvalue weighted by Gasteiger charge is 2.30.